The van der Waals surface area contributed by atoms with Crippen LogP contribution in [-0.4, -0.2) is 18.2 Å². The van der Waals surface area contributed by atoms with Crippen LogP contribution < -0.4 is 4.74 Å². The number of benzene rings is 2. The topological polar surface area (TPSA) is 46.5 Å². The zero-order valence-corrected chi connectivity index (χ0v) is 11.3. The molecule has 1 aliphatic carbocycles. The molecule has 1 N–H and O–H groups in total. The Morgan fingerprint density at radius 2 is 1.85 bits per heavy atom. The number of carboxylic acid groups (broad SMARTS) is 1. The van der Waals surface area contributed by atoms with Gasteiger partial charge in [0.15, 0.2) is 0 Å². The zero-order chi connectivity index (χ0) is 14.2. The fourth-order valence-electron chi connectivity index (χ4n) is 3.13. The minimum atomic E-state index is -0.928. The van der Waals surface area contributed by atoms with Gasteiger partial charge in [0, 0.05) is 0 Å². The van der Waals surface area contributed by atoms with Gasteiger partial charge in [-0.05, 0) is 41.7 Å². The molecule has 1 aliphatic rings. The highest BCUT2D eigenvalue weighted by molar-refractivity contribution is 5.87. The minimum absolute atomic E-state index is 0.605. The van der Waals surface area contributed by atoms with E-state index < -0.39 is 11.4 Å². The summed E-state index contributed by atoms with van der Waals surface area (Å²) < 4.78 is 5.15. The third kappa shape index (κ3) is 1.70. The van der Waals surface area contributed by atoms with Gasteiger partial charge in [-0.2, -0.15) is 0 Å². The molecule has 3 heteroatoms. The van der Waals surface area contributed by atoms with Crippen molar-refractivity contribution in [3.63, 3.8) is 0 Å². The van der Waals surface area contributed by atoms with Crippen molar-refractivity contribution in [1.29, 1.82) is 0 Å². The van der Waals surface area contributed by atoms with Crippen LogP contribution in [0.1, 0.15) is 23.1 Å². The molecule has 0 saturated carbocycles. The summed E-state index contributed by atoms with van der Waals surface area (Å²) in [5, 5.41) is 9.86. The maximum atomic E-state index is 12.0. The lowest BCUT2D eigenvalue weighted by molar-refractivity contribution is -0.142. The number of aryl methyl sites for hydroxylation is 1. The van der Waals surface area contributed by atoms with Crippen LogP contribution in [0.2, 0.25) is 0 Å². The quantitative estimate of drug-likeness (QED) is 0.930. The van der Waals surface area contributed by atoms with Gasteiger partial charge in [-0.15, -0.1) is 0 Å². The van der Waals surface area contributed by atoms with Crippen LogP contribution in [0, 0.1) is 0 Å². The van der Waals surface area contributed by atoms with Gasteiger partial charge in [-0.1, -0.05) is 36.4 Å². The Morgan fingerprint density at radius 1 is 1.15 bits per heavy atom. The molecule has 0 fully saturated rings. The fraction of sp³-hybridized carbons (Fsp3) is 0.235. The second kappa shape index (κ2) is 4.67. The number of methoxy groups -OCH3 is 1. The van der Waals surface area contributed by atoms with E-state index in [1.807, 2.05) is 48.5 Å². The number of aliphatic carboxylic acids is 1. The lowest BCUT2D eigenvalue weighted by atomic mass is 9.75. The molecule has 3 rings (SSSR count). The highest BCUT2D eigenvalue weighted by atomic mass is 16.5. The Balaban J connectivity index is 2.17. The summed E-state index contributed by atoms with van der Waals surface area (Å²) in [6.45, 7) is 0. The number of ether oxygens (including phenoxy) is 1. The Labute approximate surface area is 117 Å². The minimum Gasteiger partial charge on any atom is -0.497 e. The summed E-state index contributed by atoms with van der Waals surface area (Å²) >= 11 is 0. The van der Waals surface area contributed by atoms with E-state index in [2.05, 4.69) is 0 Å². The Bertz CT molecular complexity index is 646. The van der Waals surface area contributed by atoms with E-state index in [0.717, 1.165) is 28.9 Å². The summed E-state index contributed by atoms with van der Waals surface area (Å²) in [6, 6.07) is 15.2. The molecule has 0 amide bonds. The molecule has 1 atom stereocenters. The van der Waals surface area contributed by atoms with Crippen LogP contribution in [-0.2, 0) is 16.6 Å². The van der Waals surface area contributed by atoms with Crippen LogP contribution in [0.15, 0.2) is 48.5 Å². The number of carboxylic acids is 1. The molecule has 0 heterocycles. The SMILES string of the molecule is COc1ccc(C2(C(=O)O)CCc3ccccc32)cc1. The van der Waals surface area contributed by atoms with Gasteiger partial charge < -0.3 is 9.84 Å². The van der Waals surface area contributed by atoms with Crippen LogP contribution in [0.3, 0.4) is 0 Å². The van der Waals surface area contributed by atoms with Crippen LogP contribution in [0.5, 0.6) is 5.75 Å². The Hall–Kier alpha value is -2.29. The molecule has 0 saturated heterocycles. The van der Waals surface area contributed by atoms with E-state index in [4.69, 9.17) is 4.74 Å². The number of hydrogen-bond donors (Lipinski definition) is 1. The van der Waals surface area contributed by atoms with Crippen LogP contribution >= 0.6 is 0 Å². The normalized spacial score (nSPS) is 20.4. The van der Waals surface area contributed by atoms with E-state index in [-0.39, 0.29) is 0 Å². The first-order valence-corrected chi connectivity index (χ1v) is 6.65. The summed E-state index contributed by atoms with van der Waals surface area (Å²) in [5.41, 5.74) is 1.93. The summed E-state index contributed by atoms with van der Waals surface area (Å²) in [7, 11) is 1.60. The molecule has 0 spiro atoms. The van der Waals surface area contributed by atoms with E-state index in [1.54, 1.807) is 7.11 Å². The van der Waals surface area contributed by atoms with Gasteiger partial charge in [0.05, 0.1) is 7.11 Å². The van der Waals surface area contributed by atoms with Crippen molar-refractivity contribution >= 4 is 5.97 Å². The first kappa shape index (κ1) is 12.7. The number of fused-ring (bicyclic) bond motifs is 1. The molecule has 2 aromatic carbocycles. The molecule has 0 aromatic heterocycles. The van der Waals surface area contributed by atoms with Crippen LogP contribution in [0.25, 0.3) is 0 Å². The van der Waals surface area contributed by atoms with Crippen LogP contribution in [0.4, 0.5) is 0 Å². The smallest absolute Gasteiger partial charge is 0.318 e. The second-order valence-corrected chi connectivity index (χ2v) is 5.10. The van der Waals surface area contributed by atoms with Crippen molar-refractivity contribution in [3.05, 3.63) is 65.2 Å². The fourth-order valence-corrected chi connectivity index (χ4v) is 3.13. The first-order valence-electron chi connectivity index (χ1n) is 6.65. The van der Waals surface area contributed by atoms with Crippen molar-refractivity contribution in [1.82, 2.24) is 0 Å². The zero-order valence-electron chi connectivity index (χ0n) is 11.3. The van der Waals surface area contributed by atoms with Gasteiger partial charge in [-0.25, -0.2) is 0 Å². The van der Waals surface area contributed by atoms with Gasteiger partial charge in [0.1, 0.15) is 11.2 Å². The number of hydrogen-bond acceptors (Lipinski definition) is 2. The molecule has 3 nitrogen and oxygen atoms in total. The summed E-state index contributed by atoms with van der Waals surface area (Å²) in [5.74, 6) is -0.0480. The molecule has 0 radical (unpaired) electrons. The molecule has 0 aliphatic heterocycles. The summed E-state index contributed by atoms with van der Waals surface area (Å²) in [6.07, 6.45) is 1.41. The lowest BCUT2D eigenvalue weighted by Gasteiger charge is -2.26. The maximum Gasteiger partial charge on any atom is 0.318 e. The second-order valence-electron chi connectivity index (χ2n) is 5.10. The molecule has 2 aromatic rings. The first-order chi connectivity index (χ1) is 9.68. The average molecular weight is 268 g/mol. The van der Waals surface area contributed by atoms with Gasteiger partial charge in [0.2, 0.25) is 0 Å². The third-order valence-corrected chi connectivity index (χ3v) is 4.19. The molecular weight excluding hydrogens is 252 g/mol. The highest BCUT2D eigenvalue weighted by Gasteiger charge is 2.46. The van der Waals surface area contributed by atoms with E-state index in [9.17, 15) is 9.90 Å². The van der Waals surface area contributed by atoms with Crippen molar-refractivity contribution in [2.45, 2.75) is 18.3 Å². The molecule has 0 bridgehead atoms. The van der Waals surface area contributed by atoms with E-state index in [0.29, 0.717) is 6.42 Å². The van der Waals surface area contributed by atoms with Gasteiger partial charge in [-0.3, -0.25) is 4.79 Å². The molecule has 20 heavy (non-hydrogen) atoms. The van der Waals surface area contributed by atoms with Gasteiger partial charge in [0.25, 0.3) is 0 Å². The molecule has 1 unspecified atom stereocenters. The van der Waals surface area contributed by atoms with Crippen molar-refractivity contribution < 1.29 is 14.6 Å². The monoisotopic (exact) mass is 268 g/mol. The summed E-state index contributed by atoms with van der Waals surface area (Å²) in [4.78, 5) is 12.0. The van der Waals surface area contributed by atoms with Crippen molar-refractivity contribution in [3.8, 4) is 5.75 Å². The van der Waals surface area contributed by atoms with Crippen molar-refractivity contribution in [2.75, 3.05) is 7.11 Å². The Kier molecular flexibility index (Phi) is 2.97. The van der Waals surface area contributed by atoms with E-state index in [1.165, 1.54) is 0 Å². The largest absolute Gasteiger partial charge is 0.497 e. The van der Waals surface area contributed by atoms with Crippen molar-refractivity contribution in [2.24, 2.45) is 0 Å². The highest BCUT2D eigenvalue weighted by Crippen LogP contribution is 2.44. The maximum absolute atomic E-state index is 12.0. The predicted molar refractivity (Wildman–Crippen MR) is 76.2 cm³/mol. The number of carbonyl (C=O) groups is 1. The van der Waals surface area contributed by atoms with Gasteiger partial charge >= 0.3 is 5.97 Å². The van der Waals surface area contributed by atoms with E-state index >= 15 is 0 Å². The number of rotatable bonds is 3. The lowest BCUT2D eigenvalue weighted by Crippen LogP contribution is -2.34. The molecule has 102 valence electrons. The molecular formula is C17H16O3. The third-order valence-electron chi connectivity index (χ3n) is 4.19. The standard InChI is InChI=1S/C17H16O3/c1-20-14-8-6-13(7-9-14)17(16(18)19)11-10-12-4-2-3-5-15(12)17/h2-9H,10-11H2,1H3,(H,18,19). The Morgan fingerprint density at radius 3 is 2.50 bits per heavy atom. The average Bonchev–Trinajstić information content (AvgIpc) is 2.88. The predicted octanol–water partition coefficient (Wildman–Crippen LogP) is 3.01.